The minimum atomic E-state index is -4.46. The van der Waals surface area contributed by atoms with Crippen molar-refractivity contribution in [3.8, 4) is 0 Å². The molecule has 6 nitrogen and oxygen atoms in total. The quantitative estimate of drug-likeness (QED) is 0.775. The Kier molecular flexibility index (Phi) is 6.70. The van der Waals surface area contributed by atoms with Gasteiger partial charge in [-0.05, 0) is 50.7 Å². The molecular weight excluding hydrogens is 395 g/mol. The van der Waals surface area contributed by atoms with E-state index in [1.165, 1.54) is 12.3 Å². The zero-order valence-corrected chi connectivity index (χ0v) is 17.5. The van der Waals surface area contributed by atoms with Crippen LogP contribution in [0, 0.1) is 5.92 Å². The van der Waals surface area contributed by atoms with Crippen LogP contribution >= 0.6 is 0 Å². The number of nitrogens with one attached hydrogen (secondary N) is 2. The number of halogens is 3. The van der Waals surface area contributed by atoms with Crippen LogP contribution < -0.4 is 15.5 Å². The number of aromatic nitrogens is 1. The number of benzene rings is 1. The van der Waals surface area contributed by atoms with Crippen molar-refractivity contribution in [2.24, 2.45) is 5.92 Å². The topological polar surface area (TPSA) is 60.5 Å². The van der Waals surface area contributed by atoms with Gasteiger partial charge in [0.2, 0.25) is 0 Å². The molecule has 1 aromatic carbocycles. The maximum absolute atomic E-state index is 13.4. The highest BCUT2D eigenvalue weighted by Gasteiger charge is 2.34. The first kappa shape index (κ1) is 22.1. The van der Waals surface area contributed by atoms with Crippen molar-refractivity contribution in [1.29, 1.82) is 0 Å². The fraction of sp³-hybridized carbons (Fsp3) is 0.524. The molecule has 2 atom stereocenters. The van der Waals surface area contributed by atoms with Gasteiger partial charge in [0.15, 0.2) is 0 Å². The average molecular weight is 423 g/mol. The fourth-order valence-electron chi connectivity index (χ4n) is 3.94. The molecule has 9 heteroatoms. The predicted octanol–water partition coefficient (Wildman–Crippen LogP) is 3.33. The number of nitrogens with zero attached hydrogens (tertiary/aromatic N) is 3. The van der Waals surface area contributed by atoms with Crippen LogP contribution in [0.2, 0.25) is 0 Å². The molecule has 1 unspecified atom stereocenters. The summed E-state index contributed by atoms with van der Waals surface area (Å²) in [4.78, 5) is 20.2. The van der Waals surface area contributed by atoms with E-state index in [0.29, 0.717) is 30.7 Å². The van der Waals surface area contributed by atoms with Crippen LogP contribution in [0.25, 0.3) is 10.9 Å². The van der Waals surface area contributed by atoms with Crippen molar-refractivity contribution in [2.75, 3.05) is 45.2 Å². The lowest BCUT2D eigenvalue weighted by Crippen LogP contribution is -2.53. The minimum absolute atomic E-state index is 0.0494. The normalized spacial score (nSPS) is 19.9. The monoisotopic (exact) mass is 423 g/mol. The molecule has 3 rings (SSSR count). The fourth-order valence-corrected chi connectivity index (χ4v) is 3.94. The molecule has 1 aromatic heterocycles. The highest BCUT2D eigenvalue weighted by atomic mass is 19.4. The van der Waals surface area contributed by atoms with Crippen LogP contribution in [0.3, 0.4) is 0 Å². The molecule has 1 fully saturated rings. The van der Waals surface area contributed by atoms with Gasteiger partial charge < -0.3 is 20.4 Å². The molecule has 1 aliphatic heterocycles. The van der Waals surface area contributed by atoms with Crippen molar-refractivity contribution >= 4 is 22.6 Å². The molecule has 0 bridgehead atoms. The lowest BCUT2D eigenvalue weighted by Gasteiger charge is -2.38. The first-order chi connectivity index (χ1) is 14.1. The van der Waals surface area contributed by atoms with Gasteiger partial charge >= 0.3 is 12.2 Å². The number of carbonyl (C=O) groups excluding carboxylic acids is 1. The molecule has 0 radical (unpaired) electrons. The lowest BCUT2D eigenvalue weighted by molar-refractivity contribution is -0.136. The van der Waals surface area contributed by atoms with Gasteiger partial charge in [-0.15, -0.1) is 0 Å². The number of hydrogen-bond donors (Lipinski definition) is 2. The first-order valence-electron chi connectivity index (χ1n) is 10.0. The summed E-state index contributed by atoms with van der Waals surface area (Å²) in [7, 11) is 3.87. The summed E-state index contributed by atoms with van der Waals surface area (Å²) in [6, 6.07) is 5.60. The third-order valence-electron chi connectivity index (χ3n) is 5.23. The van der Waals surface area contributed by atoms with Crippen LogP contribution in [0.4, 0.5) is 23.7 Å². The highest BCUT2D eigenvalue weighted by molar-refractivity contribution is 5.94. The number of likely N-dealkylation sites (N-methyl/N-ethyl adjacent to an activating group) is 1. The predicted molar refractivity (Wildman–Crippen MR) is 112 cm³/mol. The second-order valence-electron chi connectivity index (χ2n) is 8.18. The third kappa shape index (κ3) is 5.33. The Balaban J connectivity index is 1.79. The SMILES string of the molecule is C[C@H]1CC(NC(=O)NCCN(C)C)CN(c2ccc(C(F)(F)F)c3ncccc23)C1. The molecule has 2 heterocycles. The summed E-state index contributed by atoms with van der Waals surface area (Å²) >= 11 is 0. The van der Waals surface area contributed by atoms with Gasteiger partial charge in [0.1, 0.15) is 0 Å². The van der Waals surface area contributed by atoms with E-state index >= 15 is 0 Å². The van der Waals surface area contributed by atoms with Crippen LogP contribution in [-0.2, 0) is 6.18 Å². The van der Waals surface area contributed by atoms with Crippen molar-refractivity contribution < 1.29 is 18.0 Å². The number of piperidine rings is 1. The Morgan fingerprint density at radius 3 is 2.73 bits per heavy atom. The molecule has 2 aromatic rings. The van der Waals surface area contributed by atoms with E-state index in [1.54, 1.807) is 12.1 Å². The van der Waals surface area contributed by atoms with E-state index in [1.807, 2.05) is 23.9 Å². The van der Waals surface area contributed by atoms with E-state index in [2.05, 4.69) is 22.5 Å². The number of hydrogen-bond acceptors (Lipinski definition) is 4. The van der Waals surface area contributed by atoms with Gasteiger partial charge in [-0.2, -0.15) is 13.2 Å². The Labute approximate surface area is 174 Å². The maximum atomic E-state index is 13.4. The molecule has 1 saturated heterocycles. The van der Waals surface area contributed by atoms with Gasteiger partial charge in [-0.25, -0.2) is 4.79 Å². The molecule has 0 spiro atoms. The molecule has 0 saturated carbocycles. The van der Waals surface area contributed by atoms with Crippen molar-refractivity contribution in [1.82, 2.24) is 20.5 Å². The summed E-state index contributed by atoms with van der Waals surface area (Å²) < 4.78 is 40.2. The van der Waals surface area contributed by atoms with Crippen LogP contribution in [-0.4, -0.2) is 62.2 Å². The van der Waals surface area contributed by atoms with Crippen molar-refractivity contribution in [3.05, 3.63) is 36.0 Å². The van der Waals surface area contributed by atoms with Gasteiger partial charge in [-0.3, -0.25) is 4.98 Å². The number of pyridine rings is 1. The summed E-state index contributed by atoms with van der Waals surface area (Å²) in [5, 5.41) is 6.31. The van der Waals surface area contributed by atoms with Gasteiger partial charge in [0, 0.05) is 49.5 Å². The van der Waals surface area contributed by atoms with Crippen molar-refractivity contribution in [2.45, 2.75) is 25.6 Å². The smallest absolute Gasteiger partial charge is 0.369 e. The van der Waals surface area contributed by atoms with Gasteiger partial charge in [0.25, 0.3) is 0 Å². The third-order valence-corrected chi connectivity index (χ3v) is 5.23. The largest absolute Gasteiger partial charge is 0.418 e. The number of carbonyl (C=O) groups is 1. The zero-order chi connectivity index (χ0) is 21.9. The van der Waals surface area contributed by atoms with Crippen LogP contribution in [0.5, 0.6) is 0 Å². The molecule has 0 aliphatic carbocycles. The van der Waals surface area contributed by atoms with Gasteiger partial charge in [0.05, 0.1) is 11.1 Å². The molecule has 164 valence electrons. The van der Waals surface area contributed by atoms with E-state index in [-0.39, 0.29) is 23.5 Å². The van der Waals surface area contributed by atoms with Crippen molar-refractivity contribution in [3.63, 3.8) is 0 Å². The molecule has 1 aliphatic rings. The second kappa shape index (κ2) is 9.07. The zero-order valence-electron chi connectivity index (χ0n) is 17.5. The second-order valence-corrected chi connectivity index (χ2v) is 8.18. The standard InChI is InChI=1S/C21H28F3N5O/c1-14-11-15(27-20(30)26-9-10-28(2)3)13-29(12-14)18-7-6-17(21(22,23)24)19-16(18)5-4-8-25-19/h4-8,14-15H,9-13H2,1-3H3,(H2,26,27,30)/t14-,15?/m0/s1. The lowest BCUT2D eigenvalue weighted by atomic mass is 9.94. The summed E-state index contributed by atoms with van der Waals surface area (Å²) in [6.45, 7) is 4.59. The van der Waals surface area contributed by atoms with E-state index in [4.69, 9.17) is 0 Å². The van der Waals surface area contributed by atoms with Gasteiger partial charge in [-0.1, -0.05) is 6.92 Å². The molecule has 30 heavy (non-hydrogen) atoms. The number of anilines is 1. The Bertz CT molecular complexity index is 887. The number of urea groups is 1. The Morgan fingerprint density at radius 2 is 2.03 bits per heavy atom. The van der Waals surface area contributed by atoms with E-state index in [9.17, 15) is 18.0 Å². The Hall–Kier alpha value is -2.55. The minimum Gasteiger partial charge on any atom is -0.369 e. The summed E-state index contributed by atoms with van der Waals surface area (Å²) in [5.41, 5.74) is -0.0778. The number of rotatable bonds is 5. The maximum Gasteiger partial charge on any atom is 0.418 e. The van der Waals surface area contributed by atoms with E-state index in [0.717, 1.165) is 19.0 Å². The van der Waals surface area contributed by atoms with E-state index < -0.39 is 11.7 Å². The number of alkyl halides is 3. The average Bonchev–Trinajstić information content (AvgIpc) is 2.65. The summed E-state index contributed by atoms with van der Waals surface area (Å²) in [5.74, 6) is 0.278. The summed E-state index contributed by atoms with van der Waals surface area (Å²) in [6.07, 6.45) is -2.27. The van der Waals surface area contributed by atoms with Crippen LogP contribution in [0.1, 0.15) is 18.9 Å². The molecule has 2 N–H and O–H groups in total. The number of fused-ring (bicyclic) bond motifs is 1. The van der Waals surface area contributed by atoms with Crippen LogP contribution in [0.15, 0.2) is 30.5 Å². The molecular formula is C21H28F3N5O. The Morgan fingerprint density at radius 1 is 1.27 bits per heavy atom. The molecule has 2 amide bonds. The highest BCUT2D eigenvalue weighted by Crippen LogP contribution is 2.38. The number of amides is 2. The first-order valence-corrected chi connectivity index (χ1v) is 10.0.